The average Bonchev–Trinajstić information content (AvgIpc) is 2.83. The van der Waals surface area contributed by atoms with E-state index in [0.717, 1.165) is 38.4 Å². The van der Waals surface area contributed by atoms with Crippen LogP contribution in [0.2, 0.25) is 0 Å². The average molecular weight is 325 g/mol. The molecule has 0 spiro atoms. The minimum absolute atomic E-state index is 0.110. The van der Waals surface area contributed by atoms with Crippen LogP contribution in [0, 0.1) is 5.92 Å². The first-order valence-electron chi connectivity index (χ1n) is 8.60. The number of aryl methyl sites for hydroxylation is 1. The van der Waals surface area contributed by atoms with E-state index in [4.69, 9.17) is 0 Å². The molecule has 126 valence electrons. The molecule has 2 atom stereocenters. The van der Waals surface area contributed by atoms with Gasteiger partial charge in [0.05, 0.1) is 12.1 Å². The highest BCUT2D eigenvalue weighted by atomic mass is 16.2. The van der Waals surface area contributed by atoms with Crippen molar-refractivity contribution < 1.29 is 4.79 Å². The van der Waals surface area contributed by atoms with Gasteiger partial charge in [0.25, 0.3) is 5.91 Å². The summed E-state index contributed by atoms with van der Waals surface area (Å²) in [5.74, 6) is 1.75. The number of nitrogens with zero attached hydrogens (tertiary/aromatic N) is 5. The quantitative estimate of drug-likeness (QED) is 0.859. The first-order chi connectivity index (χ1) is 11.7. The number of pyridine rings is 1. The molecule has 3 saturated heterocycles. The van der Waals surface area contributed by atoms with E-state index in [1.165, 1.54) is 6.42 Å². The minimum atomic E-state index is 0.110. The molecule has 1 amide bonds. The summed E-state index contributed by atoms with van der Waals surface area (Å²) in [6.07, 6.45) is 9.58. The van der Waals surface area contributed by atoms with Gasteiger partial charge < -0.3 is 9.47 Å². The third-order valence-electron chi connectivity index (χ3n) is 5.29. The number of hydrogen-bond donors (Lipinski definition) is 0. The molecule has 5 heterocycles. The van der Waals surface area contributed by atoms with E-state index in [1.807, 2.05) is 36.5 Å². The number of piperidine rings is 1. The van der Waals surface area contributed by atoms with Gasteiger partial charge in [-0.1, -0.05) is 0 Å². The fourth-order valence-electron chi connectivity index (χ4n) is 3.94. The Balaban J connectivity index is 1.50. The topological polar surface area (TPSA) is 54.3 Å². The third kappa shape index (κ3) is 2.94. The Kier molecular flexibility index (Phi) is 4.06. The molecule has 0 saturated carbocycles. The zero-order valence-electron chi connectivity index (χ0n) is 14.0. The summed E-state index contributed by atoms with van der Waals surface area (Å²) in [5.41, 5.74) is 0.689. The number of imidazole rings is 1. The van der Waals surface area contributed by atoms with Crippen LogP contribution in [0.5, 0.6) is 0 Å². The molecule has 6 nitrogen and oxygen atoms in total. The van der Waals surface area contributed by atoms with Crippen molar-refractivity contribution in [1.29, 1.82) is 0 Å². The fourth-order valence-corrected chi connectivity index (χ4v) is 3.94. The van der Waals surface area contributed by atoms with Gasteiger partial charge in [-0.15, -0.1) is 0 Å². The first kappa shape index (κ1) is 15.3. The van der Waals surface area contributed by atoms with Crippen molar-refractivity contribution in [2.45, 2.75) is 25.4 Å². The van der Waals surface area contributed by atoms with Gasteiger partial charge in [-0.25, -0.2) is 4.98 Å². The van der Waals surface area contributed by atoms with Gasteiger partial charge >= 0.3 is 0 Å². The number of amides is 1. The molecule has 24 heavy (non-hydrogen) atoms. The largest absolute Gasteiger partial charge is 0.337 e. The second-order valence-corrected chi connectivity index (χ2v) is 6.93. The van der Waals surface area contributed by atoms with Gasteiger partial charge in [-0.3, -0.25) is 14.7 Å². The summed E-state index contributed by atoms with van der Waals surface area (Å²) in [7, 11) is 2.04. The predicted molar refractivity (Wildman–Crippen MR) is 90.3 cm³/mol. The molecule has 3 aliphatic heterocycles. The maximum atomic E-state index is 12.8. The molecular weight excluding hydrogens is 302 g/mol. The van der Waals surface area contributed by atoms with Crippen molar-refractivity contribution in [3.8, 4) is 0 Å². The number of rotatable bonds is 3. The van der Waals surface area contributed by atoms with Crippen LogP contribution >= 0.6 is 0 Å². The van der Waals surface area contributed by atoms with Crippen molar-refractivity contribution in [3.05, 3.63) is 48.3 Å². The summed E-state index contributed by atoms with van der Waals surface area (Å²) in [5, 5.41) is 0. The van der Waals surface area contributed by atoms with Crippen LogP contribution in [0.1, 0.15) is 29.0 Å². The van der Waals surface area contributed by atoms with E-state index in [2.05, 4.69) is 19.4 Å². The summed E-state index contributed by atoms with van der Waals surface area (Å²) in [4.78, 5) is 25.9. The Morgan fingerprint density at radius 2 is 2.17 bits per heavy atom. The maximum absolute atomic E-state index is 12.8. The molecule has 0 N–H and O–H groups in total. The zero-order valence-corrected chi connectivity index (χ0v) is 14.0. The molecule has 0 aliphatic carbocycles. The number of carbonyl (C=O) groups is 1. The molecule has 2 aromatic heterocycles. The molecule has 0 aromatic carbocycles. The maximum Gasteiger partial charge on any atom is 0.255 e. The number of aromatic nitrogens is 3. The molecule has 3 aliphatic rings. The second kappa shape index (κ2) is 6.36. The first-order valence-corrected chi connectivity index (χ1v) is 8.60. The molecule has 5 rings (SSSR count). The van der Waals surface area contributed by atoms with Crippen molar-refractivity contribution >= 4 is 5.91 Å². The molecule has 6 heteroatoms. The van der Waals surface area contributed by atoms with Crippen molar-refractivity contribution in [2.24, 2.45) is 13.0 Å². The minimum Gasteiger partial charge on any atom is -0.337 e. The molecule has 2 bridgehead atoms. The highest BCUT2D eigenvalue weighted by Gasteiger charge is 2.36. The van der Waals surface area contributed by atoms with E-state index in [9.17, 15) is 4.79 Å². The summed E-state index contributed by atoms with van der Waals surface area (Å²) in [6, 6.07) is 4.10. The lowest BCUT2D eigenvalue weighted by molar-refractivity contribution is 0.0734. The Bertz CT molecular complexity index is 713. The van der Waals surface area contributed by atoms with Crippen LogP contribution in [-0.4, -0.2) is 55.9 Å². The van der Waals surface area contributed by atoms with Gasteiger partial charge in [-0.05, 0) is 30.9 Å². The van der Waals surface area contributed by atoms with E-state index in [-0.39, 0.29) is 5.91 Å². The van der Waals surface area contributed by atoms with Crippen molar-refractivity contribution in [2.75, 3.05) is 19.6 Å². The fraction of sp³-hybridized carbons (Fsp3) is 0.500. The van der Waals surface area contributed by atoms with Gasteiger partial charge in [0, 0.05) is 57.5 Å². The Morgan fingerprint density at radius 1 is 1.25 bits per heavy atom. The highest BCUT2D eigenvalue weighted by molar-refractivity contribution is 5.93. The summed E-state index contributed by atoms with van der Waals surface area (Å²) < 4.78 is 2.08. The third-order valence-corrected chi connectivity index (χ3v) is 5.29. The molecule has 0 radical (unpaired) electrons. The van der Waals surface area contributed by atoms with Gasteiger partial charge in [0.15, 0.2) is 0 Å². The monoisotopic (exact) mass is 325 g/mol. The number of hydrogen-bond acceptors (Lipinski definition) is 4. The Labute approximate surface area is 142 Å². The van der Waals surface area contributed by atoms with Crippen molar-refractivity contribution in [1.82, 2.24) is 24.3 Å². The van der Waals surface area contributed by atoms with Crippen molar-refractivity contribution in [3.63, 3.8) is 0 Å². The van der Waals surface area contributed by atoms with Crippen LogP contribution in [0.4, 0.5) is 0 Å². The molecular formula is C18H23N5O. The second-order valence-electron chi connectivity index (χ2n) is 6.93. The standard InChI is InChI=1S/C18H23N5O/c1-21-8-7-20-17(21)13-22-10-14-4-5-16(22)12-23(11-14)18(24)15-3-2-6-19-9-15/h2-3,6-9,14,16H,4-5,10-13H2,1H3/t14-,16-/m0/s1. The number of fused-ring (bicyclic) bond motifs is 4. The van der Waals surface area contributed by atoms with Crippen LogP contribution in [0.15, 0.2) is 36.9 Å². The molecule has 3 fully saturated rings. The van der Waals surface area contributed by atoms with Gasteiger partial charge in [0.1, 0.15) is 5.82 Å². The van der Waals surface area contributed by atoms with E-state index in [1.54, 1.807) is 12.4 Å². The lowest BCUT2D eigenvalue weighted by Crippen LogP contribution is -2.44. The summed E-state index contributed by atoms with van der Waals surface area (Å²) >= 11 is 0. The highest BCUT2D eigenvalue weighted by Crippen LogP contribution is 2.29. The van der Waals surface area contributed by atoms with Crippen LogP contribution in [0.25, 0.3) is 0 Å². The Morgan fingerprint density at radius 3 is 2.92 bits per heavy atom. The van der Waals surface area contributed by atoms with Crippen LogP contribution in [0.3, 0.4) is 0 Å². The zero-order chi connectivity index (χ0) is 16.5. The smallest absolute Gasteiger partial charge is 0.255 e. The summed E-state index contributed by atoms with van der Waals surface area (Å²) in [6.45, 7) is 3.56. The van der Waals surface area contributed by atoms with Gasteiger partial charge in [0.2, 0.25) is 0 Å². The van der Waals surface area contributed by atoms with E-state index in [0.29, 0.717) is 17.5 Å². The van der Waals surface area contributed by atoms with E-state index >= 15 is 0 Å². The lowest BCUT2D eigenvalue weighted by Gasteiger charge is -2.35. The van der Waals surface area contributed by atoms with Crippen LogP contribution in [-0.2, 0) is 13.6 Å². The predicted octanol–water partition coefficient (Wildman–Crippen LogP) is 1.55. The number of carbonyl (C=O) groups excluding carboxylic acids is 1. The SMILES string of the molecule is Cn1ccnc1CN1C[C@@H]2CC[C@H]1CN(C(=O)c1cccnc1)C2. The lowest BCUT2D eigenvalue weighted by atomic mass is 9.95. The Hall–Kier alpha value is -2.21. The van der Waals surface area contributed by atoms with Gasteiger partial charge in [-0.2, -0.15) is 0 Å². The molecule has 2 aromatic rings. The molecule has 0 unspecified atom stereocenters. The van der Waals surface area contributed by atoms with E-state index < -0.39 is 0 Å². The van der Waals surface area contributed by atoms with Crippen LogP contribution < -0.4 is 0 Å². The normalized spacial score (nSPS) is 24.1.